The van der Waals surface area contributed by atoms with E-state index in [2.05, 4.69) is 31.0 Å². The Morgan fingerprint density at radius 1 is 1.60 bits per heavy atom. The fourth-order valence-corrected chi connectivity index (χ4v) is 2.50. The summed E-state index contributed by atoms with van der Waals surface area (Å²) in [7, 11) is 0. The van der Waals surface area contributed by atoms with E-state index in [1.165, 1.54) is 0 Å². The van der Waals surface area contributed by atoms with Crippen molar-refractivity contribution in [3.63, 3.8) is 0 Å². The molecule has 1 heterocycles. The molecule has 1 aliphatic rings. The molecule has 2 unspecified atom stereocenters. The average molecular weight is 214 g/mol. The van der Waals surface area contributed by atoms with E-state index in [9.17, 15) is 4.79 Å². The van der Waals surface area contributed by atoms with Gasteiger partial charge in [0.2, 0.25) is 0 Å². The summed E-state index contributed by atoms with van der Waals surface area (Å²) in [6.45, 7) is 8.23. The SMILES string of the molecule is CC(C)N1C(C)CCNCC1CC(=O)O. The largest absolute Gasteiger partial charge is 0.481 e. The molecule has 0 saturated carbocycles. The van der Waals surface area contributed by atoms with Gasteiger partial charge in [-0.05, 0) is 33.7 Å². The van der Waals surface area contributed by atoms with Crippen molar-refractivity contribution in [3.05, 3.63) is 0 Å². The van der Waals surface area contributed by atoms with Crippen molar-refractivity contribution in [3.8, 4) is 0 Å². The van der Waals surface area contributed by atoms with Crippen molar-refractivity contribution in [2.24, 2.45) is 0 Å². The van der Waals surface area contributed by atoms with E-state index in [0.29, 0.717) is 12.1 Å². The highest BCUT2D eigenvalue weighted by atomic mass is 16.4. The van der Waals surface area contributed by atoms with Gasteiger partial charge in [0.1, 0.15) is 0 Å². The monoisotopic (exact) mass is 214 g/mol. The molecule has 0 radical (unpaired) electrons. The number of rotatable bonds is 3. The van der Waals surface area contributed by atoms with Crippen LogP contribution >= 0.6 is 0 Å². The van der Waals surface area contributed by atoms with Crippen LogP contribution in [0.4, 0.5) is 0 Å². The highest BCUT2D eigenvalue weighted by molar-refractivity contribution is 5.67. The minimum atomic E-state index is -0.707. The van der Waals surface area contributed by atoms with Gasteiger partial charge in [0.05, 0.1) is 6.42 Å². The minimum absolute atomic E-state index is 0.125. The highest BCUT2D eigenvalue weighted by Crippen LogP contribution is 2.17. The lowest BCUT2D eigenvalue weighted by molar-refractivity contribution is -0.138. The van der Waals surface area contributed by atoms with E-state index in [1.807, 2.05) is 0 Å². The number of hydrogen-bond acceptors (Lipinski definition) is 3. The van der Waals surface area contributed by atoms with E-state index < -0.39 is 5.97 Å². The number of aliphatic carboxylic acids is 1. The number of carbonyl (C=O) groups is 1. The average Bonchev–Trinajstić information content (AvgIpc) is 2.26. The molecule has 15 heavy (non-hydrogen) atoms. The van der Waals surface area contributed by atoms with Crippen molar-refractivity contribution in [1.82, 2.24) is 10.2 Å². The van der Waals surface area contributed by atoms with Crippen LogP contribution in [0.15, 0.2) is 0 Å². The maximum absolute atomic E-state index is 10.8. The van der Waals surface area contributed by atoms with E-state index in [4.69, 9.17) is 5.11 Å². The highest BCUT2D eigenvalue weighted by Gasteiger charge is 2.29. The molecule has 0 spiro atoms. The fraction of sp³-hybridized carbons (Fsp3) is 0.909. The standard InChI is InChI=1S/C11H22N2O2/c1-8(2)13-9(3)4-5-12-7-10(13)6-11(14)15/h8-10,12H,4-7H2,1-3H3,(H,14,15). The van der Waals surface area contributed by atoms with Crippen molar-refractivity contribution >= 4 is 5.97 Å². The molecule has 0 aromatic carbocycles. The van der Waals surface area contributed by atoms with E-state index in [-0.39, 0.29) is 12.5 Å². The number of nitrogens with zero attached hydrogens (tertiary/aromatic N) is 1. The van der Waals surface area contributed by atoms with Gasteiger partial charge in [-0.1, -0.05) is 0 Å². The van der Waals surface area contributed by atoms with Crippen LogP contribution in [-0.2, 0) is 4.79 Å². The molecule has 1 rings (SSSR count). The third-order valence-corrected chi connectivity index (χ3v) is 3.06. The molecule has 1 saturated heterocycles. The molecular weight excluding hydrogens is 192 g/mol. The summed E-state index contributed by atoms with van der Waals surface area (Å²) in [6, 6.07) is 0.994. The first-order valence-electron chi connectivity index (χ1n) is 5.72. The predicted octanol–water partition coefficient (Wildman–Crippen LogP) is 0.922. The molecule has 4 heteroatoms. The molecule has 2 atom stereocenters. The summed E-state index contributed by atoms with van der Waals surface area (Å²) in [6.07, 6.45) is 1.32. The molecule has 4 nitrogen and oxygen atoms in total. The maximum Gasteiger partial charge on any atom is 0.304 e. The lowest BCUT2D eigenvalue weighted by atomic mass is 10.1. The van der Waals surface area contributed by atoms with Crippen molar-refractivity contribution in [2.75, 3.05) is 13.1 Å². The fourth-order valence-electron chi connectivity index (χ4n) is 2.50. The van der Waals surface area contributed by atoms with Gasteiger partial charge in [0.15, 0.2) is 0 Å². The third kappa shape index (κ3) is 3.47. The molecule has 0 aliphatic carbocycles. The molecular formula is C11H22N2O2. The molecule has 2 N–H and O–H groups in total. The summed E-state index contributed by atoms with van der Waals surface area (Å²) in [5.41, 5.74) is 0. The van der Waals surface area contributed by atoms with E-state index in [0.717, 1.165) is 19.5 Å². The summed E-state index contributed by atoms with van der Waals surface area (Å²) in [5.74, 6) is -0.707. The zero-order chi connectivity index (χ0) is 11.4. The second-order valence-corrected chi connectivity index (χ2v) is 4.63. The van der Waals surface area contributed by atoms with Crippen LogP contribution in [0.3, 0.4) is 0 Å². The second kappa shape index (κ2) is 5.47. The lowest BCUT2D eigenvalue weighted by Gasteiger charge is -2.37. The summed E-state index contributed by atoms with van der Waals surface area (Å²) in [4.78, 5) is 13.1. The smallest absolute Gasteiger partial charge is 0.304 e. The number of carboxylic acid groups (broad SMARTS) is 1. The van der Waals surface area contributed by atoms with Crippen LogP contribution in [0.1, 0.15) is 33.6 Å². The van der Waals surface area contributed by atoms with Gasteiger partial charge in [0, 0.05) is 24.7 Å². The van der Waals surface area contributed by atoms with Gasteiger partial charge in [-0.3, -0.25) is 9.69 Å². The Morgan fingerprint density at radius 3 is 2.80 bits per heavy atom. The Bertz CT molecular complexity index is 219. The summed E-state index contributed by atoms with van der Waals surface area (Å²) >= 11 is 0. The molecule has 0 aromatic heterocycles. The first kappa shape index (κ1) is 12.5. The Balaban J connectivity index is 2.72. The quantitative estimate of drug-likeness (QED) is 0.733. The Morgan fingerprint density at radius 2 is 2.27 bits per heavy atom. The zero-order valence-electron chi connectivity index (χ0n) is 9.86. The van der Waals surface area contributed by atoms with Gasteiger partial charge >= 0.3 is 5.97 Å². The van der Waals surface area contributed by atoms with Gasteiger partial charge < -0.3 is 10.4 Å². The first-order chi connectivity index (χ1) is 7.02. The third-order valence-electron chi connectivity index (χ3n) is 3.06. The van der Waals surface area contributed by atoms with Crippen LogP contribution in [-0.4, -0.2) is 47.2 Å². The van der Waals surface area contributed by atoms with Gasteiger partial charge in [-0.25, -0.2) is 0 Å². The van der Waals surface area contributed by atoms with Gasteiger partial charge in [-0.15, -0.1) is 0 Å². The first-order valence-corrected chi connectivity index (χ1v) is 5.72. The maximum atomic E-state index is 10.8. The summed E-state index contributed by atoms with van der Waals surface area (Å²) in [5, 5.41) is 12.2. The van der Waals surface area contributed by atoms with Crippen LogP contribution < -0.4 is 5.32 Å². The minimum Gasteiger partial charge on any atom is -0.481 e. The normalized spacial score (nSPS) is 29.1. The van der Waals surface area contributed by atoms with Crippen molar-refractivity contribution in [2.45, 2.75) is 51.7 Å². The van der Waals surface area contributed by atoms with Crippen LogP contribution in [0.2, 0.25) is 0 Å². The van der Waals surface area contributed by atoms with E-state index >= 15 is 0 Å². The molecule has 1 fully saturated rings. The molecule has 0 aromatic rings. The molecule has 0 amide bonds. The lowest BCUT2D eigenvalue weighted by Crippen LogP contribution is -2.48. The topological polar surface area (TPSA) is 52.6 Å². The number of hydrogen-bond donors (Lipinski definition) is 2. The van der Waals surface area contributed by atoms with Crippen molar-refractivity contribution in [1.29, 1.82) is 0 Å². The predicted molar refractivity (Wildman–Crippen MR) is 60.0 cm³/mol. The summed E-state index contributed by atoms with van der Waals surface area (Å²) < 4.78 is 0. The molecule has 1 aliphatic heterocycles. The van der Waals surface area contributed by atoms with Gasteiger partial charge in [0.25, 0.3) is 0 Å². The second-order valence-electron chi connectivity index (χ2n) is 4.63. The number of carboxylic acids is 1. The Hall–Kier alpha value is -0.610. The van der Waals surface area contributed by atoms with Crippen LogP contribution in [0.5, 0.6) is 0 Å². The zero-order valence-corrected chi connectivity index (χ0v) is 9.86. The van der Waals surface area contributed by atoms with Crippen LogP contribution in [0, 0.1) is 0 Å². The van der Waals surface area contributed by atoms with Crippen molar-refractivity contribution < 1.29 is 9.90 Å². The van der Waals surface area contributed by atoms with E-state index in [1.54, 1.807) is 0 Å². The number of nitrogens with one attached hydrogen (secondary N) is 1. The Kier molecular flexibility index (Phi) is 4.54. The van der Waals surface area contributed by atoms with Crippen LogP contribution in [0.25, 0.3) is 0 Å². The molecule has 0 bridgehead atoms. The van der Waals surface area contributed by atoms with Gasteiger partial charge in [-0.2, -0.15) is 0 Å². The molecule has 88 valence electrons. The Labute approximate surface area is 91.6 Å².